The highest BCUT2D eigenvalue weighted by Crippen LogP contribution is 2.24. The maximum atomic E-state index is 13.4. The van der Waals surface area contributed by atoms with Crippen LogP contribution in [0.3, 0.4) is 0 Å². The Kier molecular flexibility index (Phi) is 3.69. The van der Waals surface area contributed by atoms with Crippen molar-refractivity contribution in [2.24, 2.45) is 0 Å². The van der Waals surface area contributed by atoms with Gasteiger partial charge in [-0.25, -0.2) is 4.39 Å². The van der Waals surface area contributed by atoms with Crippen LogP contribution < -0.4 is 4.74 Å². The number of thiophene rings is 1. The Hall–Kier alpha value is -1.88. The van der Waals surface area contributed by atoms with E-state index < -0.39 is 5.82 Å². The number of carbonyl (C=O) groups excluding carboxylic acids is 1. The summed E-state index contributed by atoms with van der Waals surface area (Å²) in [4.78, 5) is 15.2. The van der Waals surface area contributed by atoms with Gasteiger partial charge >= 0.3 is 0 Å². The van der Waals surface area contributed by atoms with Gasteiger partial charge in [-0.1, -0.05) is 12.1 Å². The predicted molar refractivity (Wildman–Crippen MR) is 75.3 cm³/mol. The van der Waals surface area contributed by atoms with Crippen molar-refractivity contribution in [2.45, 2.75) is 13.0 Å². The molecule has 104 valence electrons. The van der Waals surface area contributed by atoms with Crippen molar-refractivity contribution in [3.63, 3.8) is 0 Å². The highest BCUT2D eigenvalue weighted by Gasteiger charge is 2.21. The molecule has 3 rings (SSSR count). The zero-order valence-electron chi connectivity index (χ0n) is 10.8. The maximum absolute atomic E-state index is 13.4. The Balaban J connectivity index is 1.59. The van der Waals surface area contributed by atoms with Crippen LogP contribution in [0.25, 0.3) is 0 Å². The van der Waals surface area contributed by atoms with Crippen molar-refractivity contribution in [1.82, 2.24) is 4.90 Å². The van der Waals surface area contributed by atoms with Gasteiger partial charge in [-0.2, -0.15) is 0 Å². The molecule has 5 heteroatoms. The Morgan fingerprint density at radius 3 is 3.05 bits per heavy atom. The first-order chi connectivity index (χ1) is 9.74. The second-order valence-corrected chi connectivity index (χ2v) is 5.65. The number of rotatable bonds is 3. The van der Waals surface area contributed by atoms with Gasteiger partial charge in [-0.05, 0) is 35.6 Å². The number of fused-ring (bicyclic) bond motifs is 1. The molecule has 0 unspecified atom stereocenters. The lowest BCUT2D eigenvalue weighted by molar-refractivity contribution is -0.134. The number of nitrogens with zero attached hydrogens (tertiary/aromatic N) is 1. The first-order valence-corrected chi connectivity index (χ1v) is 7.32. The van der Waals surface area contributed by atoms with Crippen LogP contribution in [0.1, 0.15) is 10.4 Å². The third-order valence-corrected chi connectivity index (χ3v) is 4.37. The van der Waals surface area contributed by atoms with Crippen LogP contribution in [-0.2, 0) is 17.8 Å². The molecule has 0 spiro atoms. The summed E-state index contributed by atoms with van der Waals surface area (Å²) in [6.07, 6.45) is 0.887. The number of hydrogen-bond donors (Lipinski definition) is 0. The molecule has 0 radical (unpaired) electrons. The number of carbonyl (C=O) groups is 1. The lowest BCUT2D eigenvalue weighted by Gasteiger charge is -2.27. The second-order valence-electron chi connectivity index (χ2n) is 4.65. The summed E-state index contributed by atoms with van der Waals surface area (Å²) in [6.45, 7) is 1.20. The molecule has 3 nitrogen and oxygen atoms in total. The Labute approximate surface area is 120 Å². The van der Waals surface area contributed by atoms with Gasteiger partial charge in [-0.3, -0.25) is 4.79 Å². The lowest BCUT2D eigenvalue weighted by atomic mass is 10.1. The quantitative estimate of drug-likeness (QED) is 0.870. The molecular formula is C15H14FNO2S. The minimum atomic E-state index is -0.445. The first-order valence-electron chi connectivity index (χ1n) is 6.44. The average molecular weight is 291 g/mol. The zero-order chi connectivity index (χ0) is 13.9. The SMILES string of the molecule is O=C(COc1ccccc1F)N1CCc2sccc2C1. The topological polar surface area (TPSA) is 29.5 Å². The average Bonchev–Trinajstić information content (AvgIpc) is 2.93. The summed E-state index contributed by atoms with van der Waals surface area (Å²) in [5, 5.41) is 2.05. The van der Waals surface area contributed by atoms with Crippen LogP contribution in [0.5, 0.6) is 5.75 Å². The summed E-state index contributed by atoms with van der Waals surface area (Å²) in [6, 6.07) is 8.17. The molecule has 20 heavy (non-hydrogen) atoms. The number of halogens is 1. The monoisotopic (exact) mass is 291 g/mol. The van der Waals surface area contributed by atoms with Gasteiger partial charge in [0.1, 0.15) is 0 Å². The van der Waals surface area contributed by atoms with Gasteiger partial charge in [0.2, 0.25) is 0 Å². The molecule has 0 aliphatic carbocycles. The zero-order valence-corrected chi connectivity index (χ0v) is 11.7. The fraction of sp³-hybridized carbons (Fsp3) is 0.267. The van der Waals surface area contributed by atoms with E-state index in [-0.39, 0.29) is 18.3 Å². The van der Waals surface area contributed by atoms with Crippen molar-refractivity contribution in [3.8, 4) is 5.75 Å². The molecule has 0 saturated carbocycles. The summed E-state index contributed by atoms with van der Waals surface area (Å²) in [5.74, 6) is -0.432. The molecule has 0 N–H and O–H groups in total. The highest BCUT2D eigenvalue weighted by atomic mass is 32.1. The number of amides is 1. The van der Waals surface area contributed by atoms with Gasteiger partial charge in [-0.15, -0.1) is 11.3 Å². The summed E-state index contributed by atoms with van der Waals surface area (Å²) in [5.41, 5.74) is 1.21. The fourth-order valence-electron chi connectivity index (χ4n) is 2.25. The molecular weight excluding hydrogens is 277 g/mol. The van der Waals surface area contributed by atoms with Crippen LogP contribution in [0.15, 0.2) is 35.7 Å². The van der Waals surface area contributed by atoms with Crippen LogP contribution in [0, 0.1) is 5.82 Å². The Bertz CT molecular complexity index is 626. The van der Waals surface area contributed by atoms with E-state index in [1.807, 2.05) is 0 Å². The number of hydrogen-bond acceptors (Lipinski definition) is 3. The van der Waals surface area contributed by atoms with E-state index >= 15 is 0 Å². The summed E-state index contributed by atoms with van der Waals surface area (Å²) in [7, 11) is 0. The van der Waals surface area contributed by atoms with E-state index in [0.717, 1.165) is 6.42 Å². The molecule has 0 bridgehead atoms. The minimum Gasteiger partial charge on any atom is -0.481 e. The van der Waals surface area contributed by atoms with E-state index in [1.165, 1.54) is 22.6 Å². The van der Waals surface area contributed by atoms with Gasteiger partial charge in [0.05, 0.1) is 0 Å². The lowest BCUT2D eigenvalue weighted by Crippen LogP contribution is -2.38. The largest absolute Gasteiger partial charge is 0.481 e. The summed E-state index contributed by atoms with van der Waals surface area (Å²) < 4.78 is 18.6. The molecule has 0 saturated heterocycles. The number of para-hydroxylation sites is 1. The van der Waals surface area contributed by atoms with Crippen molar-refractivity contribution in [1.29, 1.82) is 0 Å². The molecule has 0 fully saturated rings. The Morgan fingerprint density at radius 1 is 1.35 bits per heavy atom. The number of ether oxygens (including phenoxy) is 1. The van der Waals surface area contributed by atoms with Crippen molar-refractivity contribution >= 4 is 17.2 Å². The van der Waals surface area contributed by atoms with Crippen LogP contribution >= 0.6 is 11.3 Å². The van der Waals surface area contributed by atoms with Crippen molar-refractivity contribution in [3.05, 3.63) is 52.0 Å². The smallest absolute Gasteiger partial charge is 0.260 e. The first kappa shape index (κ1) is 13.1. The van der Waals surface area contributed by atoms with E-state index in [4.69, 9.17) is 4.74 Å². The van der Waals surface area contributed by atoms with E-state index in [2.05, 4.69) is 11.4 Å². The molecule has 1 aliphatic heterocycles. The van der Waals surface area contributed by atoms with E-state index in [9.17, 15) is 9.18 Å². The van der Waals surface area contributed by atoms with Gasteiger partial charge in [0.25, 0.3) is 5.91 Å². The standard InChI is InChI=1S/C15H14FNO2S/c16-12-3-1-2-4-13(12)19-10-15(18)17-7-5-14-11(9-17)6-8-20-14/h1-4,6,8H,5,7,9-10H2. The predicted octanol–water partition coefficient (Wildman–Crippen LogP) is 2.85. The van der Waals surface area contributed by atoms with Crippen LogP contribution in [0.4, 0.5) is 4.39 Å². The van der Waals surface area contributed by atoms with E-state index in [1.54, 1.807) is 28.4 Å². The minimum absolute atomic E-state index is 0.106. The van der Waals surface area contributed by atoms with Gasteiger partial charge < -0.3 is 9.64 Å². The number of benzene rings is 1. The van der Waals surface area contributed by atoms with Crippen molar-refractivity contribution in [2.75, 3.05) is 13.2 Å². The second kappa shape index (κ2) is 5.63. The van der Waals surface area contributed by atoms with Crippen LogP contribution in [0.2, 0.25) is 0 Å². The third-order valence-electron chi connectivity index (χ3n) is 3.35. The normalized spacial score (nSPS) is 13.9. The molecule has 1 aromatic carbocycles. The third kappa shape index (κ3) is 2.67. The molecule has 2 heterocycles. The van der Waals surface area contributed by atoms with Gasteiger partial charge in [0, 0.05) is 18.0 Å². The van der Waals surface area contributed by atoms with E-state index in [0.29, 0.717) is 13.1 Å². The molecule has 0 atom stereocenters. The molecule has 1 aliphatic rings. The van der Waals surface area contributed by atoms with Crippen LogP contribution in [-0.4, -0.2) is 24.0 Å². The summed E-state index contributed by atoms with van der Waals surface area (Å²) >= 11 is 1.73. The Morgan fingerprint density at radius 2 is 2.20 bits per heavy atom. The molecule has 2 aromatic rings. The van der Waals surface area contributed by atoms with Gasteiger partial charge in [0.15, 0.2) is 18.2 Å². The fourth-order valence-corrected chi connectivity index (χ4v) is 3.14. The molecule has 1 amide bonds. The van der Waals surface area contributed by atoms with Crippen molar-refractivity contribution < 1.29 is 13.9 Å². The highest BCUT2D eigenvalue weighted by molar-refractivity contribution is 7.10. The maximum Gasteiger partial charge on any atom is 0.260 e. The molecule has 1 aromatic heterocycles.